The van der Waals surface area contributed by atoms with Gasteiger partial charge in [0.1, 0.15) is 5.69 Å². The van der Waals surface area contributed by atoms with E-state index in [1.165, 1.54) is 0 Å². The maximum absolute atomic E-state index is 11.8. The zero-order chi connectivity index (χ0) is 12.3. The van der Waals surface area contributed by atoms with Gasteiger partial charge in [0, 0.05) is 5.69 Å². The fraction of sp³-hybridized carbons (Fsp3) is 0.0833. The molecule has 0 spiro atoms. The molecule has 1 aromatic heterocycles. The van der Waals surface area contributed by atoms with E-state index >= 15 is 0 Å². The number of aromatic amines is 1. The zero-order valence-electron chi connectivity index (χ0n) is 9.19. The van der Waals surface area contributed by atoms with Crippen molar-refractivity contribution in [1.29, 1.82) is 5.26 Å². The molecule has 0 radical (unpaired) electrons. The number of nitrogens with one attached hydrogen (secondary N) is 2. The number of aryl methyl sites for hydroxylation is 1. The maximum Gasteiger partial charge on any atom is 0.273 e. The van der Waals surface area contributed by atoms with Crippen LogP contribution in [0.25, 0.3) is 0 Å². The fourth-order valence-corrected chi connectivity index (χ4v) is 1.40. The lowest BCUT2D eigenvalue weighted by Crippen LogP contribution is -2.13. The average Bonchev–Trinajstić information content (AvgIpc) is 2.76. The maximum atomic E-state index is 11.8. The van der Waals surface area contributed by atoms with Crippen LogP contribution in [0.1, 0.15) is 21.6 Å². The highest BCUT2D eigenvalue weighted by Gasteiger charge is 2.10. The van der Waals surface area contributed by atoms with E-state index in [1.54, 1.807) is 37.4 Å². The van der Waals surface area contributed by atoms with E-state index < -0.39 is 0 Å². The summed E-state index contributed by atoms with van der Waals surface area (Å²) in [6.45, 7) is 1.80. The molecule has 2 N–H and O–H groups in total. The summed E-state index contributed by atoms with van der Waals surface area (Å²) in [6, 6.07) is 8.68. The van der Waals surface area contributed by atoms with Gasteiger partial charge >= 0.3 is 0 Å². The van der Waals surface area contributed by atoms with Crippen molar-refractivity contribution in [2.24, 2.45) is 0 Å². The molecule has 0 saturated carbocycles. The van der Waals surface area contributed by atoms with Crippen LogP contribution in [-0.4, -0.2) is 16.1 Å². The van der Waals surface area contributed by atoms with E-state index in [0.29, 0.717) is 16.9 Å². The summed E-state index contributed by atoms with van der Waals surface area (Å²) in [5, 5.41) is 17.8. The van der Waals surface area contributed by atoms with Crippen molar-refractivity contribution in [3.05, 3.63) is 47.3 Å². The van der Waals surface area contributed by atoms with Crippen LogP contribution in [0.2, 0.25) is 0 Å². The van der Waals surface area contributed by atoms with Gasteiger partial charge in [0.05, 0.1) is 17.8 Å². The molecule has 1 aromatic carbocycles. The predicted molar refractivity (Wildman–Crippen MR) is 62.4 cm³/mol. The van der Waals surface area contributed by atoms with Gasteiger partial charge in [-0.3, -0.25) is 9.89 Å². The van der Waals surface area contributed by atoms with Gasteiger partial charge in [0.2, 0.25) is 0 Å². The van der Waals surface area contributed by atoms with Crippen LogP contribution >= 0.6 is 0 Å². The molecular weight excluding hydrogens is 216 g/mol. The normalized spacial score (nSPS) is 9.65. The van der Waals surface area contributed by atoms with Crippen molar-refractivity contribution in [1.82, 2.24) is 10.2 Å². The summed E-state index contributed by atoms with van der Waals surface area (Å²) < 4.78 is 0. The van der Waals surface area contributed by atoms with Crippen LogP contribution in [0.3, 0.4) is 0 Å². The third-order valence-corrected chi connectivity index (χ3v) is 2.33. The van der Waals surface area contributed by atoms with Crippen LogP contribution in [0.4, 0.5) is 5.69 Å². The molecule has 2 aromatic rings. The highest BCUT2D eigenvalue weighted by atomic mass is 16.1. The van der Waals surface area contributed by atoms with Gasteiger partial charge in [-0.1, -0.05) is 0 Å². The largest absolute Gasteiger partial charge is 0.321 e. The molecule has 0 aliphatic carbocycles. The number of benzene rings is 1. The van der Waals surface area contributed by atoms with Crippen molar-refractivity contribution >= 4 is 11.6 Å². The van der Waals surface area contributed by atoms with Gasteiger partial charge in [-0.25, -0.2) is 0 Å². The SMILES string of the molecule is Cc1cn[nH]c1C(=O)Nc1ccc(C#N)cc1. The Morgan fingerprint density at radius 2 is 2.12 bits per heavy atom. The molecule has 5 heteroatoms. The number of anilines is 1. The monoisotopic (exact) mass is 226 g/mol. The topological polar surface area (TPSA) is 81.6 Å². The summed E-state index contributed by atoms with van der Waals surface area (Å²) in [4.78, 5) is 11.8. The number of hydrogen-bond donors (Lipinski definition) is 2. The summed E-state index contributed by atoms with van der Waals surface area (Å²) in [5.74, 6) is -0.246. The summed E-state index contributed by atoms with van der Waals surface area (Å²) in [5.41, 5.74) is 2.43. The van der Waals surface area contributed by atoms with E-state index in [9.17, 15) is 4.79 Å². The number of nitrogens with zero attached hydrogens (tertiary/aromatic N) is 2. The number of rotatable bonds is 2. The second kappa shape index (κ2) is 4.49. The number of amides is 1. The molecule has 0 atom stereocenters. The molecule has 2 rings (SSSR count). The molecule has 0 saturated heterocycles. The van der Waals surface area contributed by atoms with Crippen LogP contribution in [-0.2, 0) is 0 Å². The molecular formula is C12H10N4O. The average molecular weight is 226 g/mol. The molecule has 0 aliphatic heterocycles. The number of hydrogen-bond acceptors (Lipinski definition) is 3. The molecule has 17 heavy (non-hydrogen) atoms. The summed E-state index contributed by atoms with van der Waals surface area (Å²) in [7, 11) is 0. The standard InChI is InChI=1S/C12H10N4O/c1-8-7-14-16-11(8)12(17)15-10-4-2-9(6-13)3-5-10/h2-5,7H,1H3,(H,14,16)(H,15,17). The van der Waals surface area contributed by atoms with Crippen molar-refractivity contribution in [3.63, 3.8) is 0 Å². The molecule has 5 nitrogen and oxygen atoms in total. The number of aromatic nitrogens is 2. The van der Waals surface area contributed by atoms with Crippen molar-refractivity contribution in [2.45, 2.75) is 6.92 Å². The fourth-order valence-electron chi connectivity index (χ4n) is 1.40. The molecule has 1 heterocycles. The van der Waals surface area contributed by atoms with Gasteiger partial charge in [-0.05, 0) is 36.8 Å². The molecule has 0 fully saturated rings. The Kier molecular flexibility index (Phi) is 2.88. The Morgan fingerprint density at radius 1 is 1.41 bits per heavy atom. The summed E-state index contributed by atoms with van der Waals surface area (Å²) in [6.07, 6.45) is 1.59. The minimum Gasteiger partial charge on any atom is -0.321 e. The third-order valence-electron chi connectivity index (χ3n) is 2.33. The number of carbonyl (C=O) groups is 1. The molecule has 0 bridgehead atoms. The highest BCUT2D eigenvalue weighted by Crippen LogP contribution is 2.11. The number of H-pyrrole nitrogens is 1. The minimum absolute atomic E-state index is 0.246. The Balaban J connectivity index is 2.14. The van der Waals surface area contributed by atoms with Gasteiger partial charge in [0.25, 0.3) is 5.91 Å². The van der Waals surface area contributed by atoms with Crippen LogP contribution in [0.5, 0.6) is 0 Å². The molecule has 0 aliphatic rings. The highest BCUT2D eigenvalue weighted by molar-refractivity contribution is 6.03. The van der Waals surface area contributed by atoms with E-state index in [1.807, 2.05) is 6.07 Å². The van der Waals surface area contributed by atoms with Crippen molar-refractivity contribution < 1.29 is 4.79 Å². The first kappa shape index (κ1) is 10.9. The third kappa shape index (κ3) is 2.32. The zero-order valence-corrected chi connectivity index (χ0v) is 9.19. The smallest absolute Gasteiger partial charge is 0.273 e. The number of carbonyl (C=O) groups excluding carboxylic acids is 1. The van der Waals surface area contributed by atoms with Gasteiger partial charge < -0.3 is 5.32 Å². The first-order chi connectivity index (χ1) is 8.20. The molecule has 1 amide bonds. The van der Waals surface area contributed by atoms with Crippen LogP contribution in [0, 0.1) is 18.3 Å². The van der Waals surface area contributed by atoms with Crippen LogP contribution < -0.4 is 5.32 Å². The lowest BCUT2D eigenvalue weighted by molar-refractivity contribution is 0.102. The lowest BCUT2D eigenvalue weighted by Gasteiger charge is -2.03. The van der Waals surface area contributed by atoms with Gasteiger partial charge in [0.15, 0.2) is 0 Å². The lowest BCUT2D eigenvalue weighted by atomic mass is 10.2. The van der Waals surface area contributed by atoms with E-state index in [-0.39, 0.29) is 5.91 Å². The Bertz CT molecular complexity index is 577. The first-order valence-electron chi connectivity index (χ1n) is 5.02. The van der Waals surface area contributed by atoms with Crippen molar-refractivity contribution in [2.75, 3.05) is 5.32 Å². The second-order valence-electron chi connectivity index (χ2n) is 3.57. The van der Waals surface area contributed by atoms with Gasteiger partial charge in [-0.15, -0.1) is 0 Å². The first-order valence-corrected chi connectivity index (χ1v) is 5.02. The summed E-state index contributed by atoms with van der Waals surface area (Å²) >= 11 is 0. The van der Waals surface area contributed by atoms with Crippen molar-refractivity contribution in [3.8, 4) is 6.07 Å². The predicted octanol–water partition coefficient (Wildman–Crippen LogP) is 1.84. The second-order valence-corrected chi connectivity index (χ2v) is 3.57. The minimum atomic E-state index is -0.246. The quantitative estimate of drug-likeness (QED) is 0.819. The Hall–Kier alpha value is -2.61. The molecule has 0 unspecified atom stereocenters. The van der Waals surface area contributed by atoms with E-state index in [0.717, 1.165) is 5.56 Å². The van der Waals surface area contributed by atoms with E-state index in [4.69, 9.17) is 5.26 Å². The van der Waals surface area contributed by atoms with E-state index in [2.05, 4.69) is 15.5 Å². The van der Waals surface area contributed by atoms with Gasteiger partial charge in [-0.2, -0.15) is 10.4 Å². The molecule has 84 valence electrons. The number of nitriles is 1. The van der Waals surface area contributed by atoms with Crippen LogP contribution in [0.15, 0.2) is 30.5 Å². The Labute approximate surface area is 98.1 Å². The Morgan fingerprint density at radius 3 is 2.65 bits per heavy atom.